The highest BCUT2D eigenvalue weighted by Gasteiger charge is 2.32. The second-order valence-corrected chi connectivity index (χ2v) is 8.43. The number of benzene rings is 4. The molecule has 0 aromatic heterocycles. The third kappa shape index (κ3) is 4.73. The Kier molecular flexibility index (Phi) is 7.09. The lowest BCUT2D eigenvalue weighted by atomic mass is 9.86. The zero-order valence-electron chi connectivity index (χ0n) is 18.0. The van der Waals surface area contributed by atoms with Crippen LogP contribution in [0.25, 0.3) is 0 Å². The molecule has 4 rings (SSSR count). The summed E-state index contributed by atoms with van der Waals surface area (Å²) in [6.45, 7) is 0. The molecule has 2 N–H and O–H groups in total. The van der Waals surface area contributed by atoms with Crippen LogP contribution in [0, 0.1) is 23.7 Å². The van der Waals surface area contributed by atoms with E-state index in [1.54, 1.807) is 72.8 Å². The number of aliphatic hydroxyl groups is 2. The SMILES string of the molecule is OC(C#CC#CC(O)(c1ccccc1)c1ccccc1Cl)(c1ccccc1)c1ccccc1Cl. The summed E-state index contributed by atoms with van der Waals surface area (Å²) < 4.78 is 0. The number of hydrogen-bond donors (Lipinski definition) is 2. The maximum absolute atomic E-state index is 11.6. The monoisotopic (exact) mass is 482 g/mol. The van der Waals surface area contributed by atoms with E-state index in [4.69, 9.17) is 23.2 Å². The molecule has 0 aliphatic rings. The molecule has 0 aliphatic heterocycles. The molecular weight excluding hydrogens is 463 g/mol. The van der Waals surface area contributed by atoms with Gasteiger partial charge in [0.05, 0.1) is 0 Å². The molecule has 0 radical (unpaired) electrons. The summed E-state index contributed by atoms with van der Waals surface area (Å²) in [5, 5.41) is 24.0. The fourth-order valence-corrected chi connectivity index (χ4v) is 4.25. The average Bonchev–Trinajstić information content (AvgIpc) is 2.88. The first-order valence-corrected chi connectivity index (χ1v) is 11.3. The summed E-state index contributed by atoms with van der Waals surface area (Å²) >= 11 is 12.8. The molecule has 4 aromatic carbocycles. The highest BCUT2D eigenvalue weighted by molar-refractivity contribution is 6.31. The Bertz CT molecular complexity index is 1300. The summed E-state index contributed by atoms with van der Waals surface area (Å²) in [6.07, 6.45) is 0. The molecule has 0 amide bonds. The average molecular weight is 483 g/mol. The lowest BCUT2D eigenvalue weighted by Gasteiger charge is -2.25. The molecule has 0 aliphatic carbocycles. The lowest BCUT2D eigenvalue weighted by Crippen LogP contribution is -2.26. The molecule has 2 atom stereocenters. The maximum Gasteiger partial charge on any atom is 0.179 e. The van der Waals surface area contributed by atoms with Gasteiger partial charge < -0.3 is 10.2 Å². The van der Waals surface area contributed by atoms with Gasteiger partial charge in [-0.05, 0) is 35.8 Å². The minimum absolute atomic E-state index is 0.382. The van der Waals surface area contributed by atoms with Crippen LogP contribution in [-0.2, 0) is 11.2 Å². The summed E-state index contributed by atoms with van der Waals surface area (Å²) in [7, 11) is 0. The van der Waals surface area contributed by atoms with Crippen LogP contribution in [0.15, 0.2) is 109 Å². The number of halogens is 2. The van der Waals surface area contributed by atoms with E-state index in [9.17, 15) is 10.2 Å². The molecule has 0 saturated heterocycles. The Morgan fingerprint density at radius 2 is 0.794 bits per heavy atom. The van der Waals surface area contributed by atoms with Crippen molar-refractivity contribution in [2.75, 3.05) is 0 Å². The van der Waals surface area contributed by atoms with E-state index >= 15 is 0 Å². The van der Waals surface area contributed by atoms with Crippen molar-refractivity contribution in [2.24, 2.45) is 0 Å². The van der Waals surface area contributed by atoms with E-state index in [-0.39, 0.29) is 0 Å². The van der Waals surface area contributed by atoms with Crippen LogP contribution in [0.3, 0.4) is 0 Å². The minimum Gasteiger partial charge on any atom is -0.369 e. The summed E-state index contributed by atoms with van der Waals surface area (Å²) in [5.41, 5.74) is -1.38. The van der Waals surface area contributed by atoms with Gasteiger partial charge in [0, 0.05) is 32.3 Å². The van der Waals surface area contributed by atoms with Crippen molar-refractivity contribution in [1.29, 1.82) is 0 Å². The molecule has 4 aromatic rings. The zero-order valence-corrected chi connectivity index (χ0v) is 19.6. The molecule has 0 heterocycles. The van der Waals surface area contributed by atoms with Gasteiger partial charge in [0.25, 0.3) is 0 Å². The fraction of sp³-hybridized carbons (Fsp3) is 0.0667. The van der Waals surface area contributed by atoms with Gasteiger partial charge in [-0.15, -0.1) is 0 Å². The van der Waals surface area contributed by atoms with Crippen molar-refractivity contribution in [1.82, 2.24) is 0 Å². The van der Waals surface area contributed by atoms with Crippen LogP contribution in [0.5, 0.6) is 0 Å². The van der Waals surface area contributed by atoms with Crippen LogP contribution in [0.2, 0.25) is 10.0 Å². The van der Waals surface area contributed by atoms with Crippen molar-refractivity contribution in [3.8, 4) is 23.7 Å². The van der Waals surface area contributed by atoms with Gasteiger partial charge in [0.2, 0.25) is 0 Å². The molecule has 166 valence electrons. The Labute approximate surface area is 209 Å². The first kappa shape index (κ1) is 23.7. The summed E-state index contributed by atoms with van der Waals surface area (Å²) in [5.74, 6) is 11.2. The Hall–Kier alpha value is -3.50. The molecule has 34 heavy (non-hydrogen) atoms. The predicted molar refractivity (Wildman–Crippen MR) is 137 cm³/mol. The van der Waals surface area contributed by atoms with E-state index in [2.05, 4.69) is 23.7 Å². The Balaban J connectivity index is 1.83. The fourth-order valence-electron chi connectivity index (χ4n) is 3.70. The third-order valence-corrected chi connectivity index (χ3v) is 6.12. The highest BCUT2D eigenvalue weighted by Crippen LogP contribution is 2.35. The van der Waals surface area contributed by atoms with Crippen LogP contribution in [0.4, 0.5) is 0 Å². The number of hydrogen-bond acceptors (Lipinski definition) is 2. The smallest absolute Gasteiger partial charge is 0.179 e. The van der Waals surface area contributed by atoms with Crippen molar-refractivity contribution < 1.29 is 10.2 Å². The Morgan fingerprint density at radius 1 is 0.471 bits per heavy atom. The first-order chi connectivity index (χ1) is 16.4. The quantitative estimate of drug-likeness (QED) is 0.341. The van der Waals surface area contributed by atoms with E-state index in [1.165, 1.54) is 0 Å². The van der Waals surface area contributed by atoms with E-state index in [0.29, 0.717) is 32.3 Å². The third-order valence-electron chi connectivity index (χ3n) is 5.46. The predicted octanol–water partition coefficient (Wildman–Crippen LogP) is 6.17. The van der Waals surface area contributed by atoms with Gasteiger partial charge in [0.15, 0.2) is 11.2 Å². The molecule has 0 saturated carbocycles. The molecular formula is C30H20Cl2O2. The molecule has 0 fully saturated rings. The van der Waals surface area contributed by atoms with Gasteiger partial charge in [-0.25, -0.2) is 0 Å². The van der Waals surface area contributed by atoms with Crippen LogP contribution in [0.1, 0.15) is 22.3 Å². The second-order valence-electron chi connectivity index (χ2n) is 7.61. The normalized spacial score (nSPS) is 13.9. The van der Waals surface area contributed by atoms with Crippen molar-refractivity contribution in [2.45, 2.75) is 11.2 Å². The largest absolute Gasteiger partial charge is 0.369 e. The standard InChI is InChI=1S/C30H20Cl2O2/c31-27-19-9-7-17-25(27)29(33,23-13-3-1-4-14-23)21-11-12-22-30(34,24-15-5-2-6-16-24)26-18-8-10-20-28(26)32/h1-10,13-20,33-34H. The van der Waals surface area contributed by atoms with Crippen LogP contribution < -0.4 is 0 Å². The maximum atomic E-state index is 11.6. The van der Waals surface area contributed by atoms with Crippen molar-refractivity contribution in [3.05, 3.63) is 141 Å². The lowest BCUT2D eigenvalue weighted by molar-refractivity contribution is 0.144. The second kappa shape index (κ2) is 10.2. The molecule has 0 spiro atoms. The van der Waals surface area contributed by atoms with E-state index in [1.807, 2.05) is 36.4 Å². The number of rotatable bonds is 4. The molecule has 0 bridgehead atoms. The van der Waals surface area contributed by atoms with Gasteiger partial charge in [0.1, 0.15) is 0 Å². The van der Waals surface area contributed by atoms with E-state index < -0.39 is 11.2 Å². The summed E-state index contributed by atoms with van der Waals surface area (Å²) in [6, 6.07) is 32.1. The van der Waals surface area contributed by atoms with Crippen molar-refractivity contribution in [3.63, 3.8) is 0 Å². The minimum atomic E-state index is -1.69. The van der Waals surface area contributed by atoms with Gasteiger partial charge in [-0.1, -0.05) is 120 Å². The Morgan fingerprint density at radius 3 is 1.15 bits per heavy atom. The zero-order chi connectivity index (χ0) is 24.0. The van der Waals surface area contributed by atoms with Gasteiger partial charge >= 0.3 is 0 Å². The molecule has 4 heteroatoms. The molecule has 2 nitrogen and oxygen atoms in total. The van der Waals surface area contributed by atoms with Crippen LogP contribution in [-0.4, -0.2) is 10.2 Å². The summed E-state index contributed by atoms with van der Waals surface area (Å²) in [4.78, 5) is 0. The van der Waals surface area contributed by atoms with E-state index in [0.717, 1.165) is 0 Å². The first-order valence-electron chi connectivity index (χ1n) is 10.6. The van der Waals surface area contributed by atoms with Gasteiger partial charge in [-0.2, -0.15) is 0 Å². The topological polar surface area (TPSA) is 40.5 Å². The van der Waals surface area contributed by atoms with Crippen molar-refractivity contribution >= 4 is 23.2 Å². The van der Waals surface area contributed by atoms with Crippen LogP contribution >= 0.6 is 23.2 Å². The molecule has 2 unspecified atom stereocenters. The highest BCUT2D eigenvalue weighted by atomic mass is 35.5. The van der Waals surface area contributed by atoms with Gasteiger partial charge in [-0.3, -0.25) is 0 Å².